The molecule has 5 heteroatoms. The number of amides is 2. The van der Waals surface area contributed by atoms with Gasteiger partial charge in [-0.2, -0.15) is 0 Å². The first kappa shape index (κ1) is 15.5. The van der Waals surface area contributed by atoms with Gasteiger partial charge in [0.15, 0.2) is 0 Å². The van der Waals surface area contributed by atoms with Crippen LogP contribution in [-0.4, -0.2) is 23.3 Å². The molecule has 1 aromatic carbocycles. The zero-order chi connectivity index (χ0) is 17.5. The Morgan fingerprint density at radius 1 is 0.880 bits per heavy atom. The number of benzene rings is 1. The fraction of sp³-hybridized carbons (Fsp3) is 0.400. The molecule has 0 bridgehead atoms. The second-order valence-electron chi connectivity index (χ2n) is 7.20. The van der Waals surface area contributed by atoms with Crippen LogP contribution in [0.15, 0.2) is 22.9 Å². The van der Waals surface area contributed by atoms with Crippen LogP contribution in [-0.2, 0) is 9.59 Å². The van der Waals surface area contributed by atoms with E-state index in [2.05, 4.69) is 36.7 Å². The molecule has 3 nitrogen and oxygen atoms in total. The summed E-state index contributed by atoms with van der Waals surface area (Å²) < 4.78 is 2.60. The van der Waals surface area contributed by atoms with E-state index in [1.807, 2.05) is 6.92 Å². The zero-order valence-electron chi connectivity index (χ0n) is 14.4. The Morgan fingerprint density at radius 3 is 1.72 bits per heavy atom. The molecule has 0 saturated carbocycles. The Hall–Kier alpha value is -1.72. The average Bonchev–Trinajstić information content (AvgIpc) is 3.28. The molecule has 1 aliphatic heterocycles. The van der Waals surface area contributed by atoms with Gasteiger partial charge in [0.25, 0.3) is 0 Å². The molecule has 4 unspecified atom stereocenters. The zero-order valence-corrected chi connectivity index (χ0v) is 16.0. The van der Waals surface area contributed by atoms with Crippen molar-refractivity contribution in [1.82, 2.24) is 4.90 Å². The van der Waals surface area contributed by atoms with Gasteiger partial charge in [0, 0.05) is 26.7 Å². The van der Waals surface area contributed by atoms with Gasteiger partial charge in [-0.15, -0.1) is 22.7 Å². The first-order valence-corrected chi connectivity index (χ1v) is 10.6. The lowest BCUT2D eigenvalue weighted by atomic mass is 9.65. The minimum Gasteiger partial charge on any atom is -0.282 e. The van der Waals surface area contributed by atoms with Crippen molar-refractivity contribution in [3.8, 4) is 0 Å². The summed E-state index contributed by atoms with van der Waals surface area (Å²) in [5.41, 5.74) is 2.63. The second kappa shape index (κ2) is 5.15. The van der Waals surface area contributed by atoms with Gasteiger partial charge in [0.1, 0.15) is 0 Å². The molecule has 5 rings (SSSR count). The van der Waals surface area contributed by atoms with Crippen molar-refractivity contribution in [3.05, 3.63) is 34.0 Å². The average molecular weight is 370 g/mol. The molecule has 2 aromatic heterocycles. The van der Waals surface area contributed by atoms with Crippen LogP contribution >= 0.6 is 22.7 Å². The monoisotopic (exact) mass is 369 g/mol. The highest BCUT2D eigenvalue weighted by Gasteiger charge is 2.55. The summed E-state index contributed by atoms with van der Waals surface area (Å²) in [5, 5.41) is 6.88. The van der Waals surface area contributed by atoms with E-state index in [1.54, 1.807) is 22.7 Å². The van der Waals surface area contributed by atoms with Gasteiger partial charge in [-0.25, -0.2) is 0 Å². The van der Waals surface area contributed by atoms with E-state index < -0.39 is 0 Å². The van der Waals surface area contributed by atoms with Crippen LogP contribution in [0.25, 0.3) is 20.2 Å². The molecular formula is C20H19NO2S2. The summed E-state index contributed by atoms with van der Waals surface area (Å²) in [5.74, 6) is -0.207. The third-order valence-electron chi connectivity index (χ3n) is 6.19. The number of likely N-dealkylation sites (tertiary alicyclic amines) is 1. The van der Waals surface area contributed by atoms with E-state index in [9.17, 15) is 9.59 Å². The largest absolute Gasteiger partial charge is 0.282 e. The molecule has 1 aliphatic carbocycles. The number of fused-ring (bicyclic) bond motifs is 7. The van der Waals surface area contributed by atoms with Crippen LogP contribution < -0.4 is 0 Å². The summed E-state index contributed by atoms with van der Waals surface area (Å²) in [6.45, 7) is 6.66. The fourth-order valence-corrected chi connectivity index (χ4v) is 7.24. The predicted molar refractivity (Wildman–Crippen MR) is 103 cm³/mol. The van der Waals surface area contributed by atoms with Crippen molar-refractivity contribution in [2.24, 2.45) is 11.8 Å². The molecule has 4 atom stereocenters. The first-order valence-electron chi connectivity index (χ1n) is 8.81. The van der Waals surface area contributed by atoms with Crippen LogP contribution in [0.4, 0.5) is 0 Å². The van der Waals surface area contributed by atoms with E-state index in [4.69, 9.17) is 0 Å². The van der Waals surface area contributed by atoms with Crippen LogP contribution in [0.5, 0.6) is 0 Å². The summed E-state index contributed by atoms with van der Waals surface area (Å²) in [4.78, 5) is 27.4. The summed E-state index contributed by atoms with van der Waals surface area (Å²) in [7, 11) is 0. The van der Waals surface area contributed by atoms with Crippen molar-refractivity contribution in [2.45, 2.75) is 32.6 Å². The van der Waals surface area contributed by atoms with Gasteiger partial charge < -0.3 is 0 Å². The molecule has 1 fully saturated rings. The quantitative estimate of drug-likeness (QED) is 0.569. The fourth-order valence-electron chi connectivity index (χ4n) is 5.10. The molecule has 25 heavy (non-hydrogen) atoms. The Bertz CT molecular complexity index is 965. The number of nitrogens with zero attached hydrogens (tertiary/aromatic N) is 1. The van der Waals surface area contributed by atoms with Gasteiger partial charge in [0.05, 0.1) is 11.8 Å². The van der Waals surface area contributed by atoms with E-state index in [1.165, 1.54) is 36.2 Å². The van der Waals surface area contributed by atoms with E-state index in [-0.39, 0.29) is 35.5 Å². The summed E-state index contributed by atoms with van der Waals surface area (Å²) in [6.07, 6.45) is 0. The standard InChI is InChI=1S/C20H19NO2S2/c1-4-21-19(22)15-9(2)13-14(10(3)16(15)20(21)23)18-12(6-8-25-18)11-5-7-24-17(11)13/h5-10,15-16H,4H2,1-3H3. The third kappa shape index (κ3) is 1.75. The minimum absolute atomic E-state index is 0.0264. The van der Waals surface area contributed by atoms with Crippen molar-refractivity contribution in [1.29, 1.82) is 0 Å². The Balaban J connectivity index is 1.86. The Kier molecular flexibility index (Phi) is 3.20. The van der Waals surface area contributed by atoms with Crippen LogP contribution in [0.1, 0.15) is 43.7 Å². The molecular weight excluding hydrogens is 350 g/mol. The maximum atomic E-state index is 12.9. The Labute approximate surface area is 154 Å². The molecule has 1 saturated heterocycles. The highest BCUT2D eigenvalue weighted by Crippen LogP contribution is 2.56. The number of imide groups is 1. The topological polar surface area (TPSA) is 37.4 Å². The van der Waals surface area contributed by atoms with Crippen molar-refractivity contribution >= 4 is 54.7 Å². The molecule has 3 aromatic rings. The van der Waals surface area contributed by atoms with E-state index >= 15 is 0 Å². The number of carbonyl (C=O) groups excluding carboxylic acids is 2. The van der Waals surface area contributed by atoms with E-state index in [0.717, 1.165) is 0 Å². The van der Waals surface area contributed by atoms with Gasteiger partial charge in [0.2, 0.25) is 11.8 Å². The van der Waals surface area contributed by atoms with Gasteiger partial charge in [-0.3, -0.25) is 14.5 Å². The minimum atomic E-state index is -0.210. The predicted octanol–water partition coefficient (Wildman–Crippen LogP) is 4.96. The highest BCUT2D eigenvalue weighted by atomic mass is 32.1. The number of thiophene rings is 2. The van der Waals surface area contributed by atoms with Gasteiger partial charge >= 0.3 is 0 Å². The molecule has 128 valence electrons. The Morgan fingerprint density at radius 2 is 1.32 bits per heavy atom. The smallest absolute Gasteiger partial charge is 0.233 e. The molecule has 2 aliphatic rings. The molecule has 3 heterocycles. The maximum absolute atomic E-state index is 12.9. The van der Waals surface area contributed by atoms with Crippen LogP contribution in [0.2, 0.25) is 0 Å². The maximum Gasteiger partial charge on any atom is 0.233 e. The van der Waals surface area contributed by atoms with Crippen molar-refractivity contribution in [2.75, 3.05) is 6.54 Å². The summed E-state index contributed by atoms with van der Waals surface area (Å²) >= 11 is 3.53. The second-order valence-corrected chi connectivity index (χ2v) is 9.04. The van der Waals surface area contributed by atoms with Crippen molar-refractivity contribution in [3.63, 3.8) is 0 Å². The lowest BCUT2D eigenvalue weighted by molar-refractivity contribution is -0.139. The normalized spacial score (nSPS) is 28.8. The molecule has 0 spiro atoms. The number of carbonyl (C=O) groups is 2. The molecule has 0 radical (unpaired) electrons. The van der Waals surface area contributed by atoms with Gasteiger partial charge in [-0.1, -0.05) is 13.8 Å². The van der Waals surface area contributed by atoms with Gasteiger partial charge in [-0.05, 0) is 52.8 Å². The number of hydrogen-bond donors (Lipinski definition) is 0. The first-order chi connectivity index (χ1) is 12.1. The van der Waals surface area contributed by atoms with Crippen LogP contribution in [0.3, 0.4) is 0 Å². The lowest BCUT2D eigenvalue weighted by Gasteiger charge is -2.36. The van der Waals surface area contributed by atoms with E-state index in [0.29, 0.717) is 6.54 Å². The van der Waals surface area contributed by atoms with Crippen molar-refractivity contribution < 1.29 is 9.59 Å². The third-order valence-corrected chi connectivity index (χ3v) is 8.09. The lowest BCUT2D eigenvalue weighted by Crippen LogP contribution is -2.33. The summed E-state index contributed by atoms with van der Waals surface area (Å²) in [6, 6.07) is 4.39. The highest BCUT2D eigenvalue weighted by molar-refractivity contribution is 7.19. The SMILES string of the molecule is CCN1C(=O)C2C(C)c3c(c4sccc4c4ccsc34)C(C)C2C1=O. The molecule has 2 amide bonds. The number of hydrogen-bond acceptors (Lipinski definition) is 4. The number of rotatable bonds is 1. The van der Waals surface area contributed by atoms with Crippen LogP contribution in [0, 0.1) is 11.8 Å². The molecule has 0 N–H and O–H groups in total.